The van der Waals surface area contributed by atoms with Crippen LogP contribution in [0.3, 0.4) is 0 Å². The van der Waals surface area contributed by atoms with Gasteiger partial charge in [-0.2, -0.15) is 25.3 Å². The van der Waals surface area contributed by atoms with Crippen molar-refractivity contribution in [2.24, 2.45) is 5.92 Å². The van der Waals surface area contributed by atoms with Gasteiger partial charge in [0.2, 0.25) is 0 Å². The fraction of sp³-hybridized carbons (Fsp3) is 1.00. The number of hydrogen-bond donors (Lipinski definition) is 2. The Bertz CT molecular complexity index is 115. The summed E-state index contributed by atoms with van der Waals surface area (Å²) in [5.41, 5.74) is 0. The van der Waals surface area contributed by atoms with Crippen LogP contribution in [0.25, 0.3) is 0 Å². The van der Waals surface area contributed by atoms with Gasteiger partial charge in [-0.15, -0.1) is 0 Å². The molecule has 0 bridgehead atoms. The van der Waals surface area contributed by atoms with E-state index in [0.717, 1.165) is 17.4 Å². The zero-order valence-electron chi connectivity index (χ0n) is 10.2. The molecular formula is C13H28S2. The van der Waals surface area contributed by atoms with Crippen LogP contribution in [0.5, 0.6) is 0 Å². The van der Waals surface area contributed by atoms with Crippen LogP contribution in [0.15, 0.2) is 0 Å². The fourth-order valence-electron chi connectivity index (χ4n) is 1.90. The van der Waals surface area contributed by atoms with E-state index in [-0.39, 0.29) is 0 Å². The van der Waals surface area contributed by atoms with Crippen molar-refractivity contribution in [3.05, 3.63) is 0 Å². The van der Waals surface area contributed by atoms with Gasteiger partial charge in [-0.25, -0.2) is 0 Å². The van der Waals surface area contributed by atoms with Crippen molar-refractivity contribution >= 4 is 25.3 Å². The number of unbranched alkanes of at least 4 members (excludes halogenated alkanes) is 6. The molecule has 0 aromatic rings. The Morgan fingerprint density at radius 2 is 1.40 bits per heavy atom. The quantitative estimate of drug-likeness (QED) is 0.373. The second-order valence-corrected chi connectivity index (χ2v) is 5.28. The maximum atomic E-state index is 4.39. The predicted octanol–water partition coefficient (Wildman–Crippen LogP) is 4.99. The number of hydrogen-bond acceptors (Lipinski definition) is 2. The zero-order valence-corrected chi connectivity index (χ0v) is 12.0. The molecule has 0 amide bonds. The lowest BCUT2D eigenvalue weighted by Crippen LogP contribution is -2.03. The summed E-state index contributed by atoms with van der Waals surface area (Å²) in [6, 6.07) is 0. The molecule has 0 radical (unpaired) electrons. The van der Waals surface area contributed by atoms with Gasteiger partial charge in [0.15, 0.2) is 0 Å². The molecule has 0 rings (SSSR count). The molecule has 0 aliphatic carbocycles. The first-order chi connectivity index (χ1) is 7.35. The second-order valence-electron chi connectivity index (χ2n) is 4.47. The molecule has 0 aliphatic rings. The molecule has 0 saturated heterocycles. The Morgan fingerprint density at radius 3 is 1.93 bits per heavy atom. The molecule has 0 spiro atoms. The van der Waals surface area contributed by atoms with Gasteiger partial charge < -0.3 is 0 Å². The first-order valence-corrected chi connectivity index (χ1v) is 7.83. The Labute approximate surface area is 107 Å². The van der Waals surface area contributed by atoms with Crippen molar-refractivity contribution in [2.45, 2.75) is 64.7 Å². The first-order valence-electron chi connectivity index (χ1n) is 6.56. The van der Waals surface area contributed by atoms with Crippen molar-refractivity contribution in [3.63, 3.8) is 0 Å². The maximum Gasteiger partial charge on any atom is -0.00692 e. The van der Waals surface area contributed by atoms with E-state index in [1.54, 1.807) is 0 Å². The smallest absolute Gasteiger partial charge is 0.00692 e. The molecule has 0 heterocycles. The highest BCUT2D eigenvalue weighted by Gasteiger charge is 2.04. The van der Waals surface area contributed by atoms with Crippen molar-refractivity contribution in [1.82, 2.24) is 0 Å². The first kappa shape index (κ1) is 15.7. The summed E-state index contributed by atoms with van der Waals surface area (Å²) in [5, 5.41) is 0. The van der Waals surface area contributed by atoms with E-state index in [1.165, 1.54) is 57.8 Å². The van der Waals surface area contributed by atoms with E-state index in [2.05, 4.69) is 32.2 Å². The van der Waals surface area contributed by atoms with Crippen molar-refractivity contribution < 1.29 is 0 Å². The third-order valence-corrected chi connectivity index (χ3v) is 3.79. The lowest BCUT2D eigenvalue weighted by atomic mass is 9.99. The van der Waals surface area contributed by atoms with Crippen LogP contribution in [0.4, 0.5) is 0 Å². The minimum absolute atomic E-state index is 0.807. The van der Waals surface area contributed by atoms with Crippen molar-refractivity contribution in [3.8, 4) is 0 Å². The minimum atomic E-state index is 0.807. The molecule has 0 fully saturated rings. The lowest BCUT2D eigenvalue weighted by Gasteiger charge is -2.12. The maximum absolute atomic E-state index is 4.39. The molecule has 0 saturated carbocycles. The summed E-state index contributed by atoms with van der Waals surface area (Å²) in [7, 11) is 0. The average Bonchev–Trinajstić information content (AvgIpc) is 2.26. The molecule has 0 aromatic carbocycles. The molecule has 1 unspecified atom stereocenters. The highest BCUT2D eigenvalue weighted by Crippen LogP contribution is 2.17. The van der Waals surface area contributed by atoms with Gasteiger partial charge in [0.05, 0.1) is 0 Å². The van der Waals surface area contributed by atoms with Crippen LogP contribution in [0.2, 0.25) is 0 Å². The van der Waals surface area contributed by atoms with E-state index in [4.69, 9.17) is 0 Å². The Hall–Kier alpha value is 0.700. The molecular weight excluding hydrogens is 220 g/mol. The summed E-state index contributed by atoms with van der Waals surface area (Å²) in [6.07, 6.45) is 12.5. The number of thiol groups is 2. The monoisotopic (exact) mass is 248 g/mol. The predicted molar refractivity (Wildman–Crippen MR) is 78.4 cm³/mol. The topological polar surface area (TPSA) is 0 Å². The molecule has 15 heavy (non-hydrogen) atoms. The third-order valence-electron chi connectivity index (χ3n) is 3.01. The summed E-state index contributed by atoms with van der Waals surface area (Å²) in [5.74, 6) is 2.86. The summed E-state index contributed by atoms with van der Waals surface area (Å²) in [4.78, 5) is 0. The molecule has 0 nitrogen and oxygen atoms in total. The van der Waals surface area contributed by atoms with Gasteiger partial charge in [-0.05, 0) is 30.3 Å². The van der Waals surface area contributed by atoms with Crippen LogP contribution in [-0.2, 0) is 0 Å². The Morgan fingerprint density at radius 1 is 0.800 bits per heavy atom. The molecule has 0 aliphatic heterocycles. The second kappa shape index (κ2) is 12.8. The number of rotatable bonds is 11. The Kier molecular flexibility index (Phi) is 13.4. The average molecular weight is 249 g/mol. The standard InChI is InChI=1S/C13H28S2/c1-2-3-4-5-6-7-8-9-13(12-15)10-11-14/h13-15H,2-12H2,1H3. The van der Waals surface area contributed by atoms with Gasteiger partial charge in [-0.1, -0.05) is 51.9 Å². The highest BCUT2D eigenvalue weighted by atomic mass is 32.1. The summed E-state index contributed by atoms with van der Waals surface area (Å²) in [6.45, 7) is 2.27. The fourth-order valence-corrected chi connectivity index (χ4v) is 2.63. The van der Waals surface area contributed by atoms with Gasteiger partial charge in [0, 0.05) is 0 Å². The summed E-state index contributed by atoms with van der Waals surface area (Å²) >= 11 is 8.67. The van der Waals surface area contributed by atoms with Crippen LogP contribution in [0.1, 0.15) is 64.7 Å². The van der Waals surface area contributed by atoms with Gasteiger partial charge in [0.1, 0.15) is 0 Å². The summed E-state index contributed by atoms with van der Waals surface area (Å²) < 4.78 is 0. The highest BCUT2D eigenvalue weighted by molar-refractivity contribution is 7.80. The van der Waals surface area contributed by atoms with E-state index < -0.39 is 0 Å². The van der Waals surface area contributed by atoms with Crippen LogP contribution in [0, 0.1) is 5.92 Å². The van der Waals surface area contributed by atoms with Gasteiger partial charge in [0.25, 0.3) is 0 Å². The zero-order chi connectivity index (χ0) is 11.4. The van der Waals surface area contributed by atoms with E-state index in [9.17, 15) is 0 Å². The largest absolute Gasteiger partial charge is 0.179 e. The van der Waals surface area contributed by atoms with Gasteiger partial charge >= 0.3 is 0 Å². The lowest BCUT2D eigenvalue weighted by molar-refractivity contribution is 0.480. The third kappa shape index (κ3) is 11.0. The molecule has 0 N–H and O–H groups in total. The van der Waals surface area contributed by atoms with Crippen LogP contribution in [-0.4, -0.2) is 11.5 Å². The Balaban J connectivity index is 3.14. The van der Waals surface area contributed by atoms with E-state index >= 15 is 0 Å². The van der Waals surface area contributed by atoms with Crippen molar-refractivity contribution in [2.75, 3.05) is 11.5 Å². The molecule has 92 valence electrons. The molecule has 2 heteroatoms. The van der Waals surface area contributed by atoms with E-state index in [0.29, 0.717) is 0 Å². The van der Waals surface area contributed by atoms with Crippen LogP contribution >= 0.6 is 25.3 Å². The SMILES string of the molecule is CCCCCCCCCC(CS)CCS. The van der Waals surface area contributed by atoms with Crippen LogP contribution < -0.4 is 0 Å². The minimum Gasteiger partial charge on any atom is -0.179 e. The van der Waals surface area contributed by atoms with Crippen molar-refractivity contribution in [1.29, 1.82) is 0 Å². The normalized spacial score (nSPS) is 13.0. The molecule has 1 atom stereocenters. The molecule has 0 aromatic heterocycles. The van der Waals surface area contributed by atoms with E-state index in [1.807, 2.05) is 0 Å². The van der Waals surface area contributed by atoms with Gasteiger partial charge in [-0.3, -0.25) is 0 Å².